The molecule has 4 heteroatoms. The Morgan fingerprint density at radius 1 is 1.37 bits per heavy atom. The smallest absolute Gasteiger partial charge is 0.339 e. The molecule has 2 rings (SSSR count). The quantitative estimate of drug-likeness (QED) is 0.668. The highest BCUT2D eigenvalue weighted by molar-refractivity contribution is 6.01. The van der Waals surface area contributed by atoms with Gasteiger partial charge >= 0.3 is 5.97 Å². The van der Waals surface area contributed by atoms with Gasteiger partial charge < -0.3 is 10.1 Å². The van der Waals surface area contributed by atoms with E-state index in [0.29, 0.717) is 23.6 Å². The van der Waals surface area contributed by atoms with Gasteiger partial charge in [0.05, 0.1) is 18.4 Å². The Kier molecular flexibility index (Phi) is 4.34. The first-order chi connectivity index (χ1) is 9.20. The summed E-state index contributed by atoms with van der Waals surface area (Å²) < 4.78 is 4.69. The summed E-state index contributed by atoms with van der Waals surface area (Å²) in [4.78, 5) is 23.5. The van der Waals surface area contributed by atoms with Crippen LogP contribution in [0.15, 0.2) is 36.4 Å². The number of rotatable bonds is 4. The van der Waals surface area contributed by atoms with E-state index >= 15 is 0 Å². The van der Waals surface area contributed by atoms with Gasteiger partial charge in [0.2, 0.25) is 5.91 Å². The van der Waals surface area contributed by atoms with Crippen LogP contribution >= 0.6 is 0 Å². The number of anilines is 1. The molecule has 19 heavy (non-hydrogen) atoms. The summed E-state index contributed by atoms with van der Waals surface area (Å²) in [7, 11) is 1.32. The number of esters is 1. The average molecular weight is 259 g/mol. The van der Waals surface area contributed by atoms with Crippen molar-refractivity contribution in [3.05, 3.63) is 42.0 Å². The SMILES string of the molecule is COC(=O)c1ccccc1NC(=O)CC1C=CCC1. The zero-order valence-electron chi connectivity index (χ0n) is 10.9. The third-order valence-corrected chi connectivity index (χ3v) is 3.17. The first-order valence-electron chi connectivity index (χ1n) is 6.34. The lowest BCUT2D eigenvalue weighted by Gasteiger charge is -2.11. The minimum Gasteiger partial charge on any atom is -0.465 e. The summed E-state index contributed by atoms with van der Waals surface area (Å²) in [6.07, 6.45) is 6.68. The van der Waals surface area contributed by atoms with Crippen molar-refractivity contribution in [3.8, 4) is 0 Å². The number of carbonyl (C=O) groups is 2. The van der Waals surface area contributed by atoms with Crippen molar-refractivity contribution in [2.45, 2.75) is 19.3 Å². The first kappa shape index (κ1) is 13.3. The van der Waals surface area contributed by atoms with E-state index in [1.807, 2.05) is 0 Å². The molecule has 1 amide bonds. The van der Waals surface area contributed by atoms with Gasteiger partial charge in [-0.15, -0.1) is 0 Å². The molecule has 1 N–H and O–H groups in total. The van der Waals surface area contributed by atoms with E-state index in [4.69, 9.17) is 4.74 Å². The monoisotopic (exact) mass is 259 g/mol. The average Bonchev–Trinajstić information content (AvgIpc) is 2.91. The molecule has 1 aromatic rings. The molecule has 0 saturated heterocycles. The highest BCUT2D eigenvalue weighted by Crippen LogP contribution is 2.22. The molecule has 1 aliphatic rings. The fraction of sp³-hybridized carbons (Fsp3) is 0.333. The van der Waals surface area contributed by atoms with Crippen molar-refractivity contribution in [2.75, 3.05) is 12.4 Å². The topological polar surface area (TPSA) is 55.4 Å². The number of amides is 1. The van der Waals surface area contributed by atoms with Gasteiger partial charge in [0, 0.05) is 6.42 Å². The van der Waals surface area contributed by atoms with Gasteiger partial charge in [-0.25, -0.2) is 4.79 Å². The van der Waals surface area contributed by atoms with Crippen LogP contribution in [0.2, 0.25) is 0 Å². The number of benzene rings is 1. The van der Waals surface area contributed by atoms with Crippen LogP contribution in [0.3, 0.4) is 0 Å². The maximum Gasteiger partial charge on any atom is 0.339 e. The van der Waals surface area contributed by atoms with E-state index in [9.17, 15) is 9.59 Å². The number of ether oxygens (including phenoxy) is 1. The van der Waals surface area contributed by atoms with Crippen molar-refractivity contribution in [3.63, 3.8) is 0 Å². The van der Waals surface area contributed by atoms with Gasteiger partial charge in [-0.3, -0.25) is 4.79 Å². The molecule has 1 aliphatic carbocycles. The first-order valence-corrected chi connectivity index (χ1v) is 6.34. The van der Waals surface area contributed by atoms with Crippen LogP contribution in [0.25, 0.3) is 0 Å². The number of nitrogens with one attached hydrogen (secondary N) is 1. The number of methoxy groups -OCH3 is 1. The molecule has 0 heterocycles. The largest absolute Gasteiger partial charge is 0.465 e. The molecule has 0 spiro atoms. The molecule has 0 aliphatic heterocycles. The molecule has 1 atom stereocenters. The van der Waals surface area contributed by atoms with Gasteiger partial charge in [0.15, 0.2) is 0 Å². The molecule has 1 aromatic carbocycles. The Labute approximate surface area is 112 Å². The lowest BCUT2D eigenvalue weighted by molar-refractivity contribution is -0.116. The molecule has 0 aromatic heterocycles. The zero-order chi connectivity index (χ0) is 13.7. The van der Waals surface area contributed by atoms with Crippen LogP contribution in [0.1, 0.15) is 29.6 Å². The lowest BCUT2D eigenvalue weighted by Crippen LogP contribution is -2.17. The van der Waals surface area contributed by atoms with E-state index in [2.05, 4.69) is 17.5 Å². The third-order valence-electron chi connectivity index (χ3n) is 3.17. The molecule has 1 unspecified atom stereocenters. The molecule has 0 radical (unpaired) electrons. The minimum atomic E-state index is -0.448. The number of para-hydroxylation sites is 1. The number of hydrogen-bond acceptors (Lipinski definition) is 3. The van der Waals surface area contributed by atoms with E-state index in [0.717, 1.165) is 12.8 Å². The predicted octanol–water partition coefficient (Wildman–Crippen LogP) is 2.77. The lowest BCUT2D eigenvalue weighted by atomic mass is 10.0. The zero-order valence-corrected chi connectivity index (χ0v) is 10.9. The van der Waals surface area contributed by atoms with Crippen molar-refractivity contribution in [1.82, 2.24) is 0 Å². The van der Waals surface area contributed by atoms with Crippen LogP contribution in [0, 0.1) is 5.92 Å². The van der Waals surface area contributed by atoms with E-state index in [1.54, 1.807) is 24.3 Å². The second kappa shape index (κ2) is 6.18. The molecule has 0 bridgehead atoms. The molecular weight excluding hydrogens is 242 g/mol. The molecule has 100 valence electrons. The summed E-state index contributed by atoms with van der Waals surface area (Å²) in [5.41, 5.74) is 0.877. The second-order valence-corrected chi connectivity index (χ2v) is 4.56. The minimum absolute atomic E-state index is 0.0760. The Bertz CT molecular complexity index is 508. The Morgan fingerprint density at radius 3 is 2.84 bits per heavy atom. The summed E-state index contributed by atoms with van der Waals surface area (Å²) in [5, 5.41) is 2.78. The van der Waals surface area contributed by atoms with Crippen molar-refractivity contribution in [2.24, 2.45) is 5.92 Å². The van der Waals surface area contributed by atoms with Gasteiger partial charge in [-0.2, -0.15) is 0 Å². The fourth-order valence-corrected chi connectivity index (χ4v) is 2.18. The Balaban J connectivity index is 2.03. The van der Waals surface area contributed by atoms with Crippen LogP contribution in [0.5, 0.6) is 0 Å². The number of allylic oxidation sites excluding steroid dienone is 2. The number of hydrogen-bond donors (Lipinski definition) is 1. The predicted molar refractivity (Wildman–Crippen MR) is 72.9 cm³/mol. The van der Waals surface area contributed by atoms with Crippen LogP contribution < -0.4 is 5.32 Å². The highest BCUT2D eigenvalue weighted by atomic mass is 16.5. The van der Waals surface area contributed by atoms with Crippen molar-refractivity contribution >= 4 is 17.6 Å². The normalized spacial score (nSPS) is 17.2. The summed E-state index contributed by atoms with van der Waals surface area (Å²) in [5.74, 6) is -0.213. The summed E-state index contributed by atoms with van der Waals surface area (Å²) in [6, 6.07) is 6.85. The standard InChI is InChI=1S/C15H17NO3/c1-19-15(18)12-8-4-5-9-13(12)16-14(17)10-11-6-2-3-7-11/h2,4-6,8-9,11H,3,7,10H2,1H3,(H,16,17). The van der Waals surface area contributed by atoms with Gasteiger partial charge in [-0.1, -0.05) is 24.3 Å². The van der Waals surface area contributed by atoms with Gasteiger partial charge in [0.1, 0.15) is 0 Å². The maximum atomic E-state index is 11.9. The molecular formula is C15H17NO3. The van der Waals surface area contributed by atoms with E-state index < -0.39 is 5.97 Å². The Morgan fingerprint density at radius 2 is 2.16 bits per heavy atom. The summed E-state index contributed by atoms with van der Waals surface area (Å²) >= 11 is 0. The van der Waals surface area contributed by atoms with E-state index in [1.165, 1.54) is 7.11 Å². The van der Waals surface area contributed by atoms with Crippen LogP contribution in [0.4, 0.5) is 5.69 Å². The molecule has 0 fully saturated rings. The molecule has 0 saturated carbocycles. The van der Waals surface area contributed by atoms with Crippen molar-refractivity contribution < 1.29 is 14.3 Å². The van der Waals surface area contributed by atoms with Gasteiger partial charge in [0.25, 0.3) is 0 Å². The Hall–Kier alpha value is -2.10. The van der Waals surface area contributed by atoms with Crippen LogP contribution in [-0.2, 0) is 9.53 Å². The van der Waals surface area contributed by atoms with Crippen LogP contribution in [-0.4, -0.2) is 19.0 Å². The van der Waals surface area contributed by atoms with Crippen molar-refractivity contribution in [1.29, 1.82) is 0 Å². The number of carbonyl (C=O) groups excluding carboxylic acids is 2. The maximum absolute atomic E-state index is 11.9. The third kappa shape index (κ3) is 3.44. The fourth-order valence-electron chi connectivity index (χ4n) is 2.18. The van der Waals surface area contributed by atoms with Gasteiger partial charge in [-0.05, 0) is 30.9 Å². The molecule has 4 nitrogen and oxygen atoms in total. The van der Waals surface area contributed by atoms with E-state index in [-0.39, 0.29) is 5.91 Å². The summed E-state index contributed by atoms with van der Waals surface area (Å²) in [6.45, 7) is 0. The highest BCUT2D eigenvalue weighted by Gasteiger charge is 2.17. The second-order valence-electron chi connectivity index (χ2n) is 4.56.